The van der Waals surface area contributed by atoms with Crippen LogP contribution in [0.5, 0.6) is 0 Å². The van der Waals surface area contributed by atoms with Gasteiger partial charge in [-0.1, -0.05) is 54.6 Å². The zero-order chi connectivity index (χ0) is 20.7. The van der Waals surface area contributed by atoms with Crippen molar-refractivity contribution in [2.75, 3.05) is 4.90 Å². The summed E-state index contributed by atoms with van der Waals surface area (Å²) in [6, 6.07) is 31.3. The Morgan fingerprint density at radius 3 is 2.30 bits per heavy atom. The fraction of sp³-hybridized carbons (Fsp3) is 0.148. The van der Waals surface area contributed by atoms with E-state index in [1.807, 2.05) is 36.4 Å². The van der Waals surface area contributed by atoms with Crippen molar-refractivity contribution >= 4 is 33.2 Å². The Balaban J connectivity index is 1.67. The molecule has 4 aromatic carbocycles. The molecule has 0 radical (unpaired) electrons. The summed E-state index contributed by atoms with van der Waals surface area (Å²) in [7, 11) is 0. The first-order valence-electron chi connectivity index (χ1n) is 10.2. The molecule has 3 heteroatoms. The maximum absolute atomic E-state index is 6.02. The fourth-order valence-electron chi connectivity index (χ4n) is 4.05. The molecule has 0 aliphatic rings. The van der Waals surface area contributed by atoms with Gasteiger partial charge in [-0.3, -0.25) is 0 Å². The van der Waals surface area contributed by atoms with Crippen molar-refractivity contribution in [3.8, 4) is 11.5 Å². The van der Waals surface area contributed by atoms with Crippen LogP contribution in [0, 0.1) is 0 Å². The number of anilines is 2. The summed E-state index contributed by atoms with van der Waals surface area (Å²) in [4.78, 5) is 7.15. The highest BCUT2D eigenvalue weighted by Gasteiger charge is 2.25. The minimum atomic E-state index is -0.121. The van der Waals surface area contributed by atoms with Crippen LogP contribution >= 0.6 is 0 Å². The molecule has 0 amide bonds. The smallest absolute Gasteiger partial charge is 0.227 e. The van der Waals surface area contributed by atoms with E-state index in [2.05, 4.69) is 80.3 Å². The van der Waals surface area contributed by atoms with Gasteiger partial charge in [0.25, 0.3) is 0 Å². The van der Waals surface area contributed by atoms with Crippen LogP contribution in [0.2, 0.25) is 0 Å². The molecule has 0 atom stereocenters. The Morgan fingerprint density at radius 1 is 0.767 bits per heavy atom. The van der Waals surface area contributed by atoms with Gasteiger partial charge in [0.2, 0.25) is 5.89 Å². The van der Waals surface area contributed by atoms with Crippen molar-refractivity contribution in [3.05, 3.63) is 91.0 Å². The van der Waals surface area contributed by atoms with Gasteiger partial charge in [0, 0.05) is 27.9 Å². The molecule has 0 aliphatic heterocycles. The maximum Gasteiger partial charge on any atom is 0.227 e. The fourth-order valence-corrected chi connectivity index (χ4v) is 4.05. The number of nitrogens with zero attached hydrogens (tertiary/aromatic N) is 2. The highest BCUT2D eigenvalue weighted by atomic mass is 16.3. The SMILES string of the molecule is CC(C)(C)N(c1ccc2oc(-c3ccccc3)nc2c1)c1cccc2ccccc12. The van der Waals surface area contributed by atoms with E-state index in [1.165, 1.54) is 16.5 Å². The number of fused-ring (bicyclic) bond motifs is 2. The average Bonchev–Trinajstić information content (AvgIpc) is 3.17. The van der Waals surface area contributed by atoms with Crippen molar-refractivity contribution in [2.45, 2.75) is 26.3 Å². The van der Waals surface area contributed by atoms with Gasteiger partial charge in [0.05, 0.1) is 0 Å². The van der Waals surface area contributed by atoms with E-state index in [-0.39, 0.29) is 5.54 Å². The summed E-state index contributed by atoms with van der Waals surface area (Å²) in [5.41, 5.74) is 4.80. The van der Waals surface area contributed by atoms with E-state index in [0.29, 0.717) is 5.89 Å². The Hall–Kier alpha value is -3.59. The first-order valence-corrected chi connectivity index (χ1v) is 10.2. The maximum atomic E-state index is 6.02. The molecule has 1 heterocycles. The lowest BCUT2D eigenvalue weighted by Gasteiger charge is -2.38. The van der Waals surface area contributed by atoms with Crippen LogP contribution in [0.4, 0.5) is 11.4 Å². The molecule has 3 nitrogen and oxygen atoms in total. The number of aromatic nitrogens is 1. The minimum Gasteiger partial charge on any atom is -0.436 e. The van der Waals surface area contributed by atoms with Gasteiger partial charge < -0.3 is 9.32 Å². The molecule has 1 aromatic heterocycles. The van der Waals surface area contributed by atoms with Gasteiger partial charge in [0.15, 0.2) is 5.58 Å². The summed E-state index contributed by atoms with van der Waals surface area (Å²) in [6.07, 6.45) is 0. The average molecular weight is 393 g/mol. The van der Waals surface area contributed by atoms with Crippen LogP contribution in [0.1, 0.15) is 20.8 Å². The minimum absolute atomic E-state index is 0.121. The molecule has 0 unspecified atom stereocenters. The van der Waals surface area contributed by atoms with Crippen LogP contribution in [-0.2, 0) is 0 Å². The topological polar surface area (TPSA) is 29.3 Å². The van der Waals surface area contributed by atoms with Gasteiger partial charge in [0.1, 0.15) is 5.52 Å². The number of benzene rings is 4. The highest BCUT2D eigenvalue weighted by Crippen LogP contribution is 2.39. The summed E-state index contributed by atoms with van der Waals surface area (Å²) < 4.78 is 6.02. The van der Waals surface area contributed by atoms with Crippen LogP contribution in [0.25, 0.3) is 33.3 Å². The lowest BCUT2D eigenvalue weighted by atomic mass is 10.00. The molecule has 0 saturated carbocycles. The Morgan fingerprint density at radius 2 is 1.50 bits per heavy atom. The van der Waals surface area contributed by atoms with Crippen molar-refractivity contribution < 1.29 is 4.42 Å². The van der Waals surface area contributed by atoms with Crippen molar-refractivity contribution in [1.29, 1.82) is 0 Å². The largest absolute Gasteiger partial charge is 0.436 e. The normalized spacial score (nSPS) is 11.8. The number of rotatable bonds is 3. The van der Waals surface area contributed by atoms with Gasteiger partial charge in [-0.25, -0.2) is 4.98 Å². The summed E-state index contributed by atoms with van der Waals surface area (Å²) in [5, 5.41) is 2.47. The van der Waals surface area contributed by atoms with Crippen LogP contribution in [-0.4, -0.2) is 10.5 Å². The zero-order valence-corrected chi connectivity index (χ0v) is 17.5. The Bertz CT molecular complexity index is 1320. The predicted molar refractivity (Wildman–Crippen MR) is 125 cm³/mol. The highest BCUT2D eigenvalue weighted by molar-refractivity contribution is 5.97. The molecular formula is C27H24N2O. The van der Waals surface area contributed by atoms with E-state index in [9.17, 15) is 0 Å². The van der Waals surface area contributed by atoms with Gasteiger partial charge in [-0.05, 0) is 62.6 Å². The second-order valence-corrected chi connectivity index (χ2v) is 8.54. The van der Waals surface area contributed by atoms with Gasteiger partial charge >= 0.3 is 0 Å². The second-order valence-electron chi connectivity index (χ2n) is 8.54. The first-order chi connectivity index (χ1) is 14.5. The van der Waals surface area contributed by atoms with Crippen molar-refractivity contribution in [1.82, 2.24) is 4.98 Å². The van der Waals surface area contributed by atoms with Crippen molar-refractivity contribution in [2.24, 2.45) is 0 Å². The molecule has 0 bridgehead atoms. The molecule has 0 fully saturated rings. The van der Waals surface area contributed by atoms with E-state index >= 15 is 0 Å². The molecule has 30 heavy (non-hydrogen) atoms. The van der Waals surface area contributed by atoms with Crippen LogP contribution in [0.15, 0.2) is 95.4 Å². The van der Waals surface area contributed by atoms with Gasteiger partial charge in [-0.15, -0.1) is 0 Å². The molecule has 0 aliphatic carbocycles. The number of hydrogen-bond donors (Lipinski definition) is 0. The lowest BCUT2D eigenvalue weighted by Crippen LogP contribution is -2.37. The van der Waals surface area contributed by atoms with Crippen molar-refractivity contribution in [3.63, 3.8) is 0 Å². The molecule has 148 valence electrons. The third-order valence-corrected chi connectivity index (χ3v) is 5.33. The van der Waals surface area contributed by atoms with E-state index in [0.717, 1.165) is 22.4 Å². The monoisotopic (exact) mass is 392 g/mol. The summed E-state index contributed by atoms with van der Waals surface area (Å²) in [5.74, 6) is 0.648. The summed E-state index contributed by atoms with van der Waals surface area (Å²) in [6.45, 7) is 6.70. The van der Waals surface area contributed by atoms with E-state index in [4.69, 9.17) is 9.40 Å². The molecule has 5 rings (SSSR count). The first kappa shape index (κ1) is 18.4. The number of oxazole rings is 1. The molecular weight excluding hydrogens is 368 g/mol. The predicted octanol–water partition coefficient (Wildman–Crippen LogP) is 7.58. The standard InChI is InChI=1S/C27H24N2O/c1-27(2,3)29(24-15-9-13-19-10-7-8-14-22(19)24)21-16-17-25-23(18-21)28-26(30-25)20-11-5-4-6-12-20/h4-18H,1-3H3. The molecule has 0 N–H and O–H groups in total. The Labute approximate surface area is 176 Å². The van der Waals surface area contributed by atoms with Gasteiger partial charge in [-0.2, -0.15) is 0 Å². The second kappa shape index (κ2) is 7.03. The van der Waals surface area contributed by atoms with E-state index < -0.39 is 0 Å². The van der Waals surface area contributed by atoms with E-state index in [1.54, 1.807) is 0 Å². The van der Waals surface area contributed by atoms with Crippen LogP contribution in [0.3, 0.4) is 0 Å². The summed E-state index contributed by atoms with van der Waals surface area (Å²) >= 11 is 0. The third-order valence-electron chi connectivity index (χ3n) is 5.33. The van der Waals surface area contributed by atoms with Crippen LogP contribution < -0.4 is 4.90 Å². The third kappa shape index (κ3) is 3.22. The number of hydrogen-bond acceptors (Lipinski definition) is 3. The lowest BCUT2D eigenvalue weighted by molar-refractivity contribution is 0.561. The zero-order valence-electron chi connectivity index (χ0n) is 17.5. The quantitative estimate of drug-likeness (QED) is 0.317. The Kier molecular flexibility index (Phi) is 4.32. The molecule has 0 spiro atoms. The molecule has 0 saturated heterocycles. The molecule has 5 aromatic rings.